The number of amides is 2. The summed E-state index contributed by atoms with van der Waals surface area (Å²) < 4.78 is 9.43. The van der Waals surface area contributed by atoms with Gasteiger partial charge >= 0.3 is 11.9 Å². The van der Waals surface area contributed by atoms with E-state index in [9.17, 15) is 19.2 Å². The van der Waals surface area contributed by atoms with Gasteiger partial charge in [-0.3, -0.25) is 9.59 Å². The molecule has 8 heteroatoms. The highest BCUT2D eigenvalue weighted by molar-refractivity contribution is 6.07. The fourth-order valence-corrected chi connectivity index (χ4v) is 3.27. The number of rotatable bonds is 5. The molecule has 0 aliphatic carbocycles. The molecule has 0 bridgehead atoms. The van der Waals surface area contributed by atoms with Crippen molar-refractivity contribution in [3.63, 3.8) is 0 Å². The third-order valence-corrected chi connectivity index (χ3v) is 4.95. The van der Waals surface area contributed by atoms with Gasteiger partial charge in [0.2, 0.25) is 11.8 Å². The molecule has 156 valence electrons. The van der Waals surface area contributed by atoms with Gasteiger partial charge in [-0.15, -0.1) is 0 Å². The summed E-state index contributed by atoms with van der Waals surface area (Å²) >= 11 is 0. The minimum Gasteiger partial charge on any atom is -0.465 e. The minimum absolute atomic E-state index is 0.0456. The van der Waals surface area contributed by atoms with Crippen molar-refractivity contribution in [2.45, 2.75) is 13.3 Å². The molecule has 2 aromatic carbocycles. The van der Waals surface area contributed by atoms with Crippen molar-refractivity contribution >= 4 is 35.1 Å². The van der Waals surface area contributed by atoms with Crippen molar-refractivity contribution in [2.24, 2.45) is 5.92 Å². The first-order chi connectivity index (χ1) is 14.3. The Hall–Kier alpha value is -3.68. The second-order valence-electron chi connectivity index (χ2n) is 6.97. The minimum atomic E-state index is -0.662. The fourth-order valence-electron chi connectivity index (χ4n) is 3.27. The fraction of sp³-hybridized carbons (Fsp3) is 0.273. The van der Waals surface area contributed by atoms with E-state index in [1.807, 2.05) is 31.2 Å². The highest BCUT2D eigenvalue weighted by Crippen LogP contribution is 2.27. The number of carbonyl (C=O) groups is 4. The number of hydrogen-bond donors (Lipinski definition) is 1. The largest absolute Gasteiger partial charge is 0.465 e. The topological polar surface area (TPSA) is 102 Å². The number of methoxy groups -OCH3 is 2. The number of benzene rings is 2. The maximum absolute atomic E-state index is 12.8. The van der Waals surface area contributed by atoms with Gasteiger partial charge in [0.1, 0.15) is 0 Å². The maximum atomic E-state index is 12.8. The number of hydrogen-bond acceptors (Lipinski definition) is 6. The number of nitrogens with zero attached hydrogens (tertiary/aromatic N) is 1. The predicted molar refractivity (Wildman–Crippen MR) is 109 cm³/mol. The van der Waals surface area contributed by atoms with E-state index in [1.165, 1.54) is 32.4 Å². The predicted octanol–water partition coefficient (Wildman–Crippen LogP) is 2.56. The van der Waals surface area contributed by atoms with Crippen molar-refractivity contribution in [3.8, 4) is 0 Å². The van der Waals surface area contributed by atoms with E-state index in [0.717, 1.165) is 11.3 Å². The molecule has 0 spiro atoms. The van der Waals surface area contributed by atoms with Crippen molar-refractivity contribution in [2.75, 3.05) is 31.0 Å². The molecule has 3 rings (SSSR count). The van der Waals surface area contributed by atoms with Gasteiger partial charge in [0, 0.05) is 18.7 Å². The van der Waals surface area contributed by atoms with Crippen LogP contribution >= 0.6 is 0 Å². The van der Waals surface area contributed by atoms with E-state index in [1.54, 1.807) is 4.90 Å². The summed E-state index contributed by atoms with van der Waals surface area (Å²) in [4.78, 5) is 50.7. The zero-order valence-corrected chi connectivity index (χ0v) is 16.9. The van der Waals surface area contributed by atoms with Crippen LogP contribution in [0.5, 0.6) is 0 Å². The van der Waals surface area contributed by atoms with E-state index in [2.05, 4.69) is 10.1 Å². The lowest BCUT2D eigenvalue weighted by Crippen LogP contribution is -2.28. The van der Waals surface area contributed by atoms with E-state index in [-0.39, 0.29) is 35.7 Å². The molecule has 0 aromatic heterocycles. The lowest BCUT2D eigenvalue weighted by Gasteiger charge is -2.17. The van der Waals surface area contributed by atoms with Gasteiger partial charge < -0.3 is 19.7 Å². The average Bonchev–Trinajstić information content (AvgIpc) is 3.14. The molecule has 1 aliphatic rings. The second-order valence-corrected chi connectivity index (χ2v) is 6.97. The monoisotopic (exact) mass is 410 g/mol. The molecule has 1 saturated heterocycles. The molecule has 1 heterocycles. The van der Waals surface area contributed by atoms with Gasteiger partial charge in [0.25, 0.3) is 0 Å². The van der Waals surface area contributed by atoms with Crippen molar-refractivity contribution < 1.29 is 28.7 Å². The molecule has 30 heavy (non-hydrogen) atoms. The van der Waals surface area contributed by atoms with Crippen LogP contribution in [0.4, 0.5) is 11.4 Å². The van der Waals surface area contributed by atoms with Crippen LogP contribution in [0.15, 0.2) is 42.5 Å². The Balaban J connectivity index is 1.81. The smallest absolute Gasteiger partial charge is 0.339 e. The van der Waals surface area contributed by atoms with Gasteiger partial charge in [-0.05, 0) is 37.3 Å². The summed E-state index contributed by atoms with van der Waals surface area (Å²) in [6.07, 6.45) is 0.0456. The van der Waals surface area contributed by atoms with Crippen molar-refractivity contribution in [1.29, 1.82) is 0 Å². The Morgan fingerprint density at radius 2 is 1.67 bits per heavy atom. The summed E-state index contributed by atoms with van der Waals surface area (Å²) in [5, 5.41) is 2.66. The highest BCUT2D eigenvalue weighted by atomic mass is 16.5. The third-order valence-electron chi connectivity index (χ3n) is 4.95. The van der Waals surface area contributed by atoms with Crippen LogP contribution in [-0.4, -0.2) is 44.5 Å². The number of carbonyl (C=O) groups excluding carboxylic acids is 4. The Morgan fingerprint density at radius 3 is 2.30 bits per heavy atom. The molecular formula is C22H22N2O6. The maximum Gasteiger partial charge on any atom is 0.339 e. The molecule has 2 amide bonds. The standard InChI is InChI=1S/C22H22N2O6/c1-13-4-7-16(8-5-13)24-12-15(11-19(24)25)20(26)23-18-10-14(21(27)29-2)6-9-17(18)22(28)30-3/h4-10,15H,11-12H2,1-3H3,(H,23,26). The molecule has 1 N–H and O–H groups in total. The van der Waals surface area contributed by atoms with E-state index < -0.39 is 23.8 Å². The summed E-state index contributed by atoms with van der Waals surface area (Å²) in [6.45, 7) is 2.17. The number of anilines is 2. The Kier molecular flexibility index (Phi) is 6.15. The second kappa shape index (κ2) is 8.77. The first kappa shape index (κ1) is 21.0. The van der Waals surface area contributed by atoms with Crippen molar-refractivity contribution in [3.05, 3.63) is 59.2 Å². The van der Waals surface area contributed by atoms with E-state index in [4.69, 9.17) is 4.74 Å². The van der Waals surface area contributed by atoms with Crippen LogP contribution < -0.4 is 10.2 Å². The zero-order valence-electron chi connectivity index (χ0n) is 16.9. The molecule has 0 saturated carbocycles. The first-order valence-corrected chi connectivity index (χ1v) is 9.32. The molecule has 1 atom stereocenters. The normalized spacial score (nSPS) is 15.6. The van der Waals surface area contributed by atoms with Crippen LogP contribution in [-0.2, 0) is 19.1 Å². The van der Waals surface area contributed by atoms with Crippen LogP contribution in [0.3, 0.4) is 0 Å². The summed E-state index contributed by atoms with van der Waals surface area (Å²) in [7, 11) is 2.45. The number of esters is 2. The molecular weight excluding hydrogens is 388 g/mol. The summed E-state index contributed by atoms with van der Waals surface area (Å²) in [5.41, 5.74) is 2.18. The molecule has 1 fully saturated rings. The first-order valence-electron chi connectivity index (χ1n) is 9.32. The molecule has 1 aliphatic heterocycles. The zero-order chi connectivity index (χ0) is 21.8. The van der Waals surface area contributed by atoms with Gasteiger partial charge in [-0.1, -0.05) is 17.7 Å². The van der Waals surface area contributed by atoms with Gasteiger partial charge in [0.15, 0.2) is 0 Å². The van der Waals surface area contributed by atoms with Crippen molar-refractivity contribution in [1.82, 2.24) is 0 Å². The van der Waals surface area contributed by atoms with Crippen LogP contribution in [0.25, 0.3) is 0 Å². The molecule has 8 nitrogen and oxygen atoms in total. The number of nitrogens with one attached hydrogen (secondary N) is 1. The Labute approximate surface area is 173 Å². The molecule has 1 unspecified atom stereocenters. The number of ether oxygens (including phenoxy) is 2. The number of aryl methyl sites for hydroxylation is 1. The van der Waals surface area contributed by atoms with Crippen LogP contribution in [0.2, 0.25) is 0 Å². The quantitative estimate of drug-likeness (QED) is 0.760. The SMILES string of the molecule is COC(=O)c1ccc(C(=O)OC)c(NC(=O)C2CC(=O)N(c3ccc(C)cc3)C2)c1. The molecule has 2 aromatic rings. The summed E-state index contributed by atoms with van der Waals surface area (Å²) in [6, 6.07) is 11.6. The van der Waals surface area contributed by atoms with Crippen LogP contribution in [0.1, 0.15) is 32.7 Å². The van der Waals surface area contributed by atoms with E-state index in [0.29, 0.717) is 0 Å². The van der Waals surface area contributed by atoms with Gasteiger partial charge in [0.05, 0.1) is 37.0 Å². The van der Waals surface area contributed by atoms with Gasteiger partial charge in [-0.25, -0.2) is 9.59 Å². The Bertz CT molecular complexity index is 999. The molecule has 0 radical (unpaired) electrons. The lowest BCUT2D eigenvalue weighted by molar-refractivity contribution is -0.122. The Morgan fingerprint density at radius 1 is 1.00 bits per heavy atom. The van der Waals surface area contributed by atoms with Gasteiger partial charge in [-0.2, -0.15) is 0 Å². The lowest BCUT2D eigenvalue weighted by atomic mass is 10.1. The van der Waals surface area contributed by atoms with E-state index >= 15 is 0 Å². The summed E-state index contributed by atoms with van der Waals surface area (Å²) in [5.74, 6) is -2.46. The third kappa shape index (κ3) is 4.32. The van der Waals surface area contributed by atoms with Crippen LogP contribution in [0, 0.1) is 12.8 Å². The highest BCUT2D eigenvalue weighted by Gasteiger charge is 2.35. The average molecular weight is 410 g/mol.